The summed E-state index contributed by atoms with van der Waals surface area (Å²) in [5.41, 5.74) is 5.48. The summed E-state index contributed by atoms with van der Waals surface area (Å²) >= 11 is 0. The number of fused-ring (bicyclic) bond motifs is 2. The summed E-state index contributed by atoms with van der Waals surface area (Å²) in [7, 11) is 6.03. The first kappa shape index (κ1) is 15.6. The Morgan fingerprint density at radius 2 is 1.48 bits per heavy atom. The number of nitrogens with zero attached hydrogens (tertiary/aromatic N) is 7. The number of hydrogen-bond acceptors (Lipinski definition) is 4. The van der Waals surface area contributed by atoms with Crippen LogP contribution in [0.25, 0.3) is 45.4 Å². The van der Waals surface area contributed by atoms with Crippen LogP contribution in [0.15, 0.2) is 54.9 Å². The average molecular weight is 356 g/mol. The van der Waals surface area contributed by atoms with Crippen molar-refractivity contribution in [3.05, 3.63) is 54.9 Å². The summed E-state index contributed by atoms with van der Waals surface area (Å²) in [6.45, 7) is 0. The lowest BCUT2D eigenvalue weighted by atomic mass is 10.2. The van der Waals surface area contributed by atoms with E-state index in [4.69, 9.17) is 4.98 Å². The Labute approximate surface area is 155 Å². The Morgan fingerprint density at radius 3 is 2.22 bits per heavy atom. The van der Waals surface area contributed by atoms with Crippen LogP contribution in [0.4, 0.5) is 0 Å². The second-order valence-corrected chi connectivity index (χ2v) is 6.54. The van der Waals surface area contributed by atoms with Gasteiger partial charge in [0.2, 0.25) is 23.0 Å². The van der Waals surface area contributed by atoms with Crippen molar-refractivity contribution < 1.29 is 4.57 Å². The molecule has 7 heteroatoms. The zero-order valence-electron chi connectivity index (χ0n) is 15.3. The summed E-state index contributed by atoms with van der Waals surface area (Å²) in [4.78, 5) is 18.2. The topological polar surface area (TPSA) is 65.3 Å². The molecule has 0 atom stereocenters. The minimum atomic E-state index is 0.642. The van der Waals surface area contributed by atoms with Gasteiger partial charge in [-0.2, -0.15) is 4.57 Å². The van der Waals surface area contributed by atoms with Gasteiger partial charge in [0.15, 0.2) is 11.3 Å². The van der Waals surface area contributed by atoms with Crippen molar-refractivity contribution in [1.82, 2.24) is 29.1 Å². The highest BCUT2D eigenvalue weighted by Crippen LogP contribution is 2.24. The fourth-order valence-corrected chi connectivity index (χ4v) is 3.55. The summed E-state index contributed by atoms with van der Waals surface area (Å²) in [5.74, 6) is 1.73. The van der Waals surface area contributed by atoms with Gasteiger partial charge in [0, 0.05) is 38.6 Å². The van der Waals surface area contributed by atoms with Gasteiger partial charge in [0.05, 0.1) is 11.0 Å². The fourth-order valence-electron chi connectivity index (χ4n) is 3.55. The zero-order valence-corrected chi connectivity index (χ0v) is 15.3. The standard InChI is InChI=1S/C20H18N7/c1-25-15(18-23-13-7-4-5-8-14(13)26(18)2)9-6-10-16(25)19-24-17-20(27(19)3)22-12-11-21-17/h4-12H,1-3H3/q+1. The maximum Gasteiger partial charge on any atom is 0.249 e. The Bertz CT molecular complexity index is 1210. The lowest BCUT2D eigenvalue weighted by molar-refractivity contribution is -0.649. The van der Waals surface area contributed by atoms with Gasteiger partial charge in [0.1, 0.15) is 7.05 Å². The van der Waals surface area contributed by atoms with Crippen LogP contribution < -0.4 is 4.57 Å². The van der Waals surface area contributed by atoms with Crippen molar-refractivity contribution in [3.8, 4) is 23.0 Å². The molecule has 0 amide bonds. The number of aromatic nitrogens is 7. The van der Waals surface area contributed by atoms with Crippen molar-refractivity contribution in [1.29, 1.82) is 0 Å². The van der Waals surface area contributed by atoms with Gasteiger partial charge in [-0.25, -0.2) is 19.9 Å². The van der Waals surface area contributed by atoms with Crippen LogP contribution in [0.1, 0.15) is 0 Å². The lowest BCUT2D eigenvalue weighted by Crippen LogP contribution is -2.35. The summed E-state index contributed by atoms with van der Waals surface area (Å²) in [6, 6.07) is 14.3. The Morgan fingerprint density at radius 1 is 0.778 bits per heavy atom. The molecule has 0 unspecified atom stereocenters. The van der Waals surface area contributed by atoms with E-state index in [-0.39, 0.29) is 0 Å². The molecular weight excluding hydrogens is 338 g/mol. The largest absolute Gasteiger partial charge is 0.322 e. The third-order valence-electron chi connectivity index (χ3n) is 4.98. The minimum absolute atomic E-state index is 0.642. The van der Waals surface area contributed by atoms with E-state index in [1.165, 1.54) is 0 Å². The number of rotatable bonds is 2. The average Bonchev–Trinajstić information content (AvgIpc) is 3.20. The van der Waals surface area contributed by atoms with Crippen LogP contribution in [0, 0.1) is 0 Å². The van der Waals surface area contributed by atoms with Gasteiger partial charge in [-0.3, -0.25) is 0 Å². The van der Waals surface area contributed by atoms with Crippen LogP contribution in [-0.4, -0.2) is 29.1 Å². The third-order valence-corrected chi connectivity index (χ3v) is 4.98. The smallest absolute Gasteiger partial charge is 0.249 e. The minimum Gasteiger partial charge on any atom is -0.322 e. The molecule has 0 spiro atoms. The molecule has 7 nitrogen and oxygen atoms in total. The first-order chi connectivity index (χ1) is 13.1. The summed E-state index contributed by atoms with van der Waals surface area (Å²) < 4.78 is 6.20. The number of para-hydroxylation sites is 2. The van der Waals surface area contributed by atoms with Gasteiger partial charge < -0.3 is 9.13 Å². The molecule has 0 radical (unpaired) electrons. The van der Waals surface area contributed by atoms with Gasteiger partial charge in [-0.1, -0.05) is 12.1 Å². The predicted molar refractivity (Wildman–Crippen MR) is 103 cm³/mol. The van der Waals surface area contributed by atoms with E-state index < -0.39 is 0 Å². The molecule has 0 bridgehead atoms. The van der Waals surface area contributed by atoms with Crippen LogP contribution in [0.5, 0.6) is 0 Å². The van der Waals surface area contributed by atoms with E-state index in [2.05, 4.69) is 36.2 Å². The van der Waals surface area contributed by atoms with E-state index in [1.807, 2.05) is 56.0 Å². The molecule has 0 saturated heterocycles. The monoisotopic (exact) mass is 356 g/mol. The Balaban J connectivity index is 1.74. The second kappa shape index (κ2) is 5.70. The third kappa shape index (κ3) is 2.25. The van der Waals surface area contributed by atoms with Crippen molar-refractivity contribution >= 4 is 22.3 Å². The number of benzene rings is 1. The molecule has 5 rings (SSSR count). The van der Waals surface area contributed by atoms with E-state index in [0.29, 0.717) is 5.65 Å². The SMILES string of the molecule is Cn1c(-c2cccc(-c3nc4nccnc4n3C)[n+]2C)nc2ccccc21. The van der Waals surface area contributed by atoms with Gasteiger partial charge in [-0.15, -0.1) is 0 Å². The number of imidazole rings is 2. The van der Waals surface area contributed by atoms with Crippen molar-refractivity contribution in [2.24, 2.45) is 21.1 Å². The molecule has 0 aliphatic heterocycles. The predicted octanol–water partition coefficient (Wildman–Crippen LogP) is 2.41. The molecule has 0 saturated carbocycles. The number of hydrogen-bond donors (Lipinski definition) is 0. The fraction of sp³-hybridized carbons (Fsp3) is 0.150. The molecule has 5 aromatic rings. The van der Waals surface area contributed by atoms with E-state index in [1.54, 1.807) is 12.4 Å². The summed E-state index contributed by atoms with van der Waals surface area (Å²) in [5, 5.41) is 0. The van der Waals surface area contributed by atoms with Crippen molar-refractivity contribution in [3.63, 3.8) is 0 Å². The van der Waals surface area contributed by atoms with Crippen LogP contribution in [-0.2, 0) is 21.1 Å². The molecule has 0 aliphatic rings. The van der Waals surface area contributed by atoms with Crippen LogP contribution >= 0.6 is 0 Å². The van der Waals surface area contributed by atoms with Gasteiger partial charge in [0.25, 0.3) is 0 Å². The van der Waals surface area contributed by atoms with Crippen LogP contribution in [0.3, 0.4) is 0 Å². The Kier molecular flexibility index (Phi) is 3.30. The van der Waals surface area contributed by atoms with Crippen LogP contribution in [0.2, 0.25) is 0 Å². The molecular formula is C20H18N7+. The lowest BCUT2D eigenvalue weighted by Gasteiger charge is -2.05. The number of pyridine rings is 1. The molecule has 27 heavy (non-hydrogen) atoms. The van der Waals surface area contributed by atoms with Crippen molar-refractivity contribution in [2.45, 2.75) is 0 Å². The highest BCUT2D eigenvalue weighted by molar-refractivity contribution is 5.79. The van der Waals surface area contributed by atoms with E-state index in [9.17, 15) is 0 Å². The molecule has 4 heterocycles. The second-order valence-electron chi connectivity index (χ2n) is 6.54. The zero-order chi connectivity index (χ0) is 18.5. The molecule has 4 aromatic heterocycles. The van der Waals surface area contributed by atoms with Gasteiger partial charge >= 0.3 is 0 Å². The number of aryl methyl sites for hydroxylation is 2. The quantitative estimate of drug-likeness (QED) is 0.456. The van der Waals surface area contributed by atoms with Gasteiger partial charge in [-0.05, 0) is 18.2 Å². The molecule has 0 fully saturated rings. The Hall–Kier alpha value is -3.61. The highest BCUT2D eigenvalue weighted by Gasteiger charge is 2.24. The molecule has 0 aliphatic carbocycles. The first-order valence-corrected chi connectivity index (χ1v) is 8.70. The molecule has 0 N–H and O–H groups in total. The summed E-state index contributed by atoms with van der Waals surface area (Å²) in [6.07, 6.45) is 3.35. The van der Waals surface area contributed by atoms with E-state index >= 15 is 0 Å². The van der Waals surface area contributed by atoms with Crippen molar-refractivity contribution in [2.75, 3.05) is 0 Å². The maximum absolute atomic E-state index is 4.83. The van der Waals surface area contributed by atoms with E-state index in [0.717, 1.165) is 39.7 Å². The maximum atomic E-state index is 4.83. The normalized spacial score (nSPS) is 11.5. The molecule has 132 valence electrons. The molecule has 1 aromatic carbocycles. The first-order valence-electron chi connectivity index (χ1n) is 8.70. The highest BCUT2D eigenvalue weighted by atomic mass is 15.2.